The summed E-state index contributed by atoms with van der Waals surface area (Å²) in [5.74, 6) is -1.26. The fourth-order valence-corrected chi connectivity index (χ4v) is 2.59. The fraction of sp³-hybridized carbons (Fsp3) is 0.167. The second kappa shape index (κ2) is 6.41. The standard InChI is InChI=1S/C18H15F2NO3/c1-10(14-4-2-12(19)7-16(14)20)21-9-11-6-18(23)24-17-8-13(22)3-5-15(11)17/h2-8,10,21-22H,9H2,1H3/t10-/m0/s1. The number of phenols is 1. The third-order valence-corrected chi connectivity index (χ3v) is 3.84. The minimum Gasteiger partial charge on any atom is -0.508 e. The van der Waals surface area contributed by atoms with Crippen LogP contribution in [0.3, 0.4) is 0 Å². The summed E-state index contributed by atoms with van der Waals surface area (Å²) in [7, 11) is 0. The van der Waals surface area contributed by atoms with Crippen molar-refractivity contribution in [2.75, 3.05) is 0 Å². The van der Waals surface area contributed by atoms with Crippen LogP contribution in [0.1, 0.15) is 24.1 Å². The van der Waals surface area contributed by atoms with Crippen LogP contribution in [0, 0.1) is 11.6 Å². The van der Waals surface area contributed by atoms with Gasteiger partial charge in [-0.25, -0.2) is 13.6 Å². The summed E-state index contributed by atoms with van der Waals surface area (Å²) in [4.78, 5) is 11.6. The largest absolute Gasteiger partial charge is 0.508 e. The summed E-state index contributed by atoms with van der Waals surface area (Å²) in [5, 5.41) is 13.3. The molecular formula is C18H15F2NO3. The van der Waals surface area contributed by atoms with E-state index in [-0.39, 0.29) is 23.9 Å². The molecule has 2 aromatic carbocycles. The van der Waals surface area contributed by atoms with Gasteiger partial charge in [-0.1, -0.05) is 6.07 Å². The van der Waals surface area contributed by atoms with Gasteiger partial charge in [-0.05, 0) is 30.7 Å². The molecule has 0 amide bonds. The molecule has 6 heteroatoms. The molecule has 4 nitrogen and oxygen atoms in total. The zero-order valence-corrected chi connectivity index (χ0v) is 12.8. The second-order valence-corrected chi connectivity index (χ2v) is 5.54. The van der Waals surface area contributed by atoms with Gasteiger partial charge in [0.2, 0.25) is 0 Å². The number of fused-ring (bicyclic) bond motifs is 1. The first kappa shape index (κ1) is 16.1. The summed E-state index contributed by atoms with van der Waals surface area (Å²) in [6, 6.07) is 8.89. The molecule has 1 heterocycles. The van der Waals surface area contributed by atoms with Gasteiger partial charge in [0.1, 0.15) is 23.0 Å². The van der Waals surface area contributed by atoms with Crippen LogP contribution in [0.15, 0.2) is 51.7 Å². The first-order valence-electron chi connectivity index (χ1n) is 7.38. The van der Waals surface area contributed by atoms with Crippen LogP contribution in [-0.2, 0) is 6.54 Å². The predicted molar refractivity (Wildman–Crippen MR) is 85.8 cm³/mol. The van der Waals surface area contributed by atoms with Crippen molar-refractivity contribution in [2.24, 2.45) is 0 Å². The molecule has 3 rings (SSSR count). The molecule has 0 aliphatic rings. The highest BCUT2D eigenvalue weighted by Gasteiger charge is 2.13. The monoisotopic (exact) mass is 331 g/mol. The average Bonchev–Trinajstić information content (AvgIpc) is 2.51. The van der Waals surface area contributed by atoms with Gasteiger partial charge in [0.25, 0.3) is 0 Å². The van der Waals surface area contributed by atoms with E-state index in [4.69, 9.17) is 4.42 Å². The van der Waals surface area contributed by atoms with Crippen molar-refractivity contribution >= 4 is 11.0 Å². The maximum Gasteiger partial charge on any atom is 0.336 e. The Labute approximate surface area is 136 Å². The lowest BCUT2D eigenvalue weighted by molar-refractivity contribution is 0.472. The van der Waals surface area contributed by atoms with Crippen molar-refractivity contribution in [1.82, 2.24) is 5.32 Å². The molecule has 0 aliphatic heterocycles. The number of aromatic hydroxyl groups is 1. The Kier molecular flexibility index (Phi) is 4.31. The highest BCUT2D eigenvalue weighted by molar-refractivity contribution is 5.81. The zero-order chi connectivity index (χ0) is 17.3. The second-order valence-electron chi connectivity index (χ2n) is 5.54. The first-order chi connectivity index (χ1) is 11.4. The number of rotatable bonds is 4. The van der Waals surface area contributed by atoms with E-state index < -0.39 is 17.3 Å². The number of nitrogens with one attached hydrogen (secondary N) is 1. The molecule has 0 fully saturated rings. The zero-order valence-electron chi connectivity index (χ0n) is 12.8. The Morgan fingerprint density at radius 3 is 2.71 bits per heavy atom. The van der Waals surface area contributed by atoms with E-state index in [1.165, 1.54) is 30.3 Å². The lowest BCUT2D eigenvalue weighted by atomic mass is 10.1. The molecule has 0 spiro atoms. The van der Waals surface area contributed by atoms with Crippen molar-refractivity contribution < 1.29 is 18.3 Å². The Hall–Kier alpha value is -2.73. The SMILES string of the molecule is C[C@H](NCc1cc(=O)oc2cc(O)ccc12)c1ccc(F)cc1F. The molecule has 0 bridgehead atoms. The van der Waals surface area contributed by atoms with E-state index in [9.17, 15) is 18.7 Å². The van der Waals surface area contributed by atoms with E-state index in [1.54, 1.807) is 13.0 Å². The lowest BCUT2D eigenvalue weighted by Gasteiger charge is -2.16. The van der Waals surface area contributed by atoms with Crippen LogP contribution < -0.4 is 10.9 Å². The number of hydrogen-bond acceptors (Lipinski definition) is 4. The van der Waals surface area contributed by atoms with Crippen LogP contribution in [0.4, 0.5) is 8.78 Å². The van der Waals surface area contributed by atoms with E-state index in [0.717, 1.165) is 6.07 Å². The fourth-order valence-electron chi connectivity index (χ4n) is 2.59. The maximum atomic E-state index is 13.8. The quantitative estimate of drug-likeness (QED) is 0.717. The Balaban J connectivity index is 1.86. The molecule has 1 atom stereocenters. The Morgan fingerprint density at radius 1 is 1.17 bits per heavy atom. The summed E-state index contributed by atoms with van der Waals surface area (Å²) >= 11 is 0. The summed E-state index contributed by atoms with van der Waals surface area (Å²) < 4.78 is 31.9. The van der Waals surface area contributed by atoms with E-state index >= 15 is 0 Å². The van der Waals surface area contributed by atoms with Gasteiger partial charge < -0.3 is 14.8 Å². The normalized spacial score (nSPS) is 12.5. The molecule has 0 aliphatic carbocycles. The highest BCUT2D eigenvalue weighted by atomic mass is 19.1. The van der Waals surface area contributed by atoms with Crippen LogP contribution in [-0.4, -0.2) is 5.11 Å². The molecule has 0 saturated carbocycles. The van der Waals surface area contributed by atoms with Gasteiger partial charge in [0.15, 0.2) is 0 Å². The first-order valence-corrected chi connectivity index (χ1v) is 7.38. The molecule has 0 saturated heterocycles. The van der Waals surface area contributed by atoms with Crippen LogP contribution >= 0.6 is 0 Å². The number of benzene rings is 2. The molecule has 0 unspecified atom stereocenters. The number of hydrogen-bond donors (Lipinski definition) is 2. The van der Waals surface area contributed by atoms with Crippen molar-refractivity contribution in [3.63, 3.8) is 0 Å². The van der Waals surface area contributed by atoms with Gasteiger partial charge in [-0.15, -0.1) is 0 Å². The number of phenolic OH excluding ortho intramolecular Hbond substituents is 1. The average molecular weight is 331 g/mol. The van der Waals surface area contributed by atoms with Crippen molar-refractivity contribution in [1.29, 1.82) is 0 Å². The third-order valence-electron chi connectivity index (χ3n) is 3.84. The highest BCUT2D eigenvalue weighted by Crippen LogP contribution is 2.23. The van der Waals surface area contributed by atoms with E-state index in [2.05, 4.69) is 5.32 Å². The molecular weight excluding hydrogens is 316 g/mol. The topological polar surface area (TPSA) is 62.5 Å². The van der Waals surface area contributed by atoms with Crippen molar-refractivity contribution in [3.05, 3.63) is 75.6 Å². The molecule has 3 aromatic rings. The van der Waals surface area contributed by atoms with Crippen molar-refractivity contribution in [3.8, 4) is 5.75 Å². The molecule has 124 valence electrons. The van der Waals surface area contributed by atoms with Gasteiger partial charge in [-0.3, -0.25) is 0 Å². The minimum absolute atomic E-state index is 0.00231. The van der Waals surface area contributed by atoms with Crippen molar-refractivity contribution in [2.45, 2.75) is 19.5 Å². The Morgan fingerprint density at radius 2 is 1.96 bits per heavy atom. The predicted octanol–water partition coefficient (Wildman–Crippen LogP) is 3.63. The molecule has 2 N–H and O–H groups in total. The summed E-state index contributed by atoms with van der Waals surface area (Å²) in [6.45, 7) is 2.03. The molecule has 0 radical (unpaired) electrons. The summed E-state index contributed by atoms with van der Waals surface area (Å²) in [6.07, 6.45) is 0. The third kappa shape index (κ3) is 3.28. The Bertz CT molecular complexity index is 953. The van der Waals surface area contributed by atoms with Gasteiger partial charge in [-0.2, -0.15) is 0 Å². The minimum atomic E-state index is -0.630. The molecule has 1 aromatic heterocycles. The van der Waals surface area contributed by atoms with Crippen LogP contribution in [0.2, 0.25) is 0 Å². The van der Waals surface area contributed by atoms with E-state index in [1.807, 2.05) is 0 Å². The lowest BCUT2D eigenvalue weighted by Crippen LogP contribution is -2.20. The number of halogens is 2. The maximum absolute atomic E-state index is 13.8. The van der Waals surface area contributed by atoms with Crippen LogP contribution in [0.5, 0.6) is 5.75 Å². The smallest absolute Gasteiger partial charge is 0.336 e. The van der Waals surface area contributed by atoms with Crippen LogP contribution in [0.25, 0.3) is 11.0 Å². The molecule has 24 heavy (non-hydrogen) atoms. The van der Waals surface area contributed by atoms with Gasteiger partial charge >= 0.3 is 5.63 Å². The van der Waals surface area contributed by atoms with E-state index in [0.29, 0.717) is 16.5 Å². The van der Waals surface area contributed by atoms with Gasteiger partial charge in [0, 0.05) is 41.7 Å². The van der Waals surface area contributed by atoms with Gasteiger partial charge in [0.05, 0.1) is 0 Å². The summed E-state index contributed by atoms with van der Waals surface area (Å²) in [5.41, 5.74) is 0.738.